The highest BCUT2D eigenvalue weighted by Gasteiger charge is 2.47. The third kappa shape index (κ3) is 5.65. The summed E-state index contributed by atoms with van der Waals surface area (Å²) in [7, 11) is 0. The molecular formula is C29H30O13. The lowest BCUT2D eigenvalue weighted by Crippen LogP contribution is -2.60. The molecule has 6 N–H and O–H groups in total. The summed E-state index contributed by atoms with van der Waals surface area (Å²) in [6, 6.07) is 7.78. The van der Waals surface area contributed by atoms with Gasteiger partial charge in [-0.15, -0.1) is 6.58 Å². The Morgan fingerprint density at radius 2 is 1.76 bits per heavy atom. The lowest BCUT2D eigenvalue weighted by molar-refractivity contribution is -0.295. The van der Waals surface area contributed by atoms with Gasteiger partial charge in [0.2, 0.25) is 12.6 Å². The number of aliphatic hydroxyl groups excluding tert-OH is 3. The summed E-state index contributed by atoms with van der Waals surface area (Å²) in [6.45, 7) is 3.66. The molecule has 5 rings (SSSR count). The van der Waals surface area contributed by atoms with Crippen molar-refractivity contribution in [3.8, 4) is 28.4 Å². The van der Waals surface area contributed by atoms with Gasteiger partial charge >= 0.3 is 11.9 Å². The van der Waals surface area contributed by atoms with Gasteiger partial charge in [-0.05, 0) is 36.2 Å². The number of hydrogen-bond donors (Lipinski definition) is 6. The van der Waals surface area contributed by atoms with Gasteiger partial charge in [0.1, 0.15) is 41.7 Å². The summed E-state index contributed by atoms with van der Waals surface area (Å²) in [6.07, 6.45) is -5.86. The Morgan fingerprint density at radius 3 is 2.45 bits per heavy atom. The molecule has 0 saturated carbocycles. The van der Waals surface area contributed by atoms with Crippen LogP contribution in [-0.4, -0.2) is 92.8 Å². The number of ether oxygens (including phenoxy) is 5. The predicted molar refractivity (Wildman–Crippen MR) is 141 cm³/mol. The first kappa shape index (κ1) is 29.4. The second kappa shape index (κ2) is 12.0. The maximum Gasteiger partial charge on any atom is 0.340 e. The smallest absolute Gasteiger partial charge is 0.340 e. The summed E-state index contributed by atoms with van der Waals surface area (Å²) >= 11 is 0. The molecule has 0 radical (unpaired) electrons. The van der Waals surface area contributed by atoms with Crippen molar-refractivity contribution < 1.29 is 63.9 Å². The van der Waals surface area contributed by atoms with Gasteiger partial charge in [0, 0.05) is 11.8 Å². The van der Waals surface area contributed by atoms with E-state index in [1.165, 1.54) is 30.5 Å². The Kier molecular flexibility index (Phi) is 8.38. The molecule has 3 aliphatic heterocycles. The molecule has 0 aromatic heterocycles. The fraction of sp³-hybridized carbons (Fsp3) is 0.379. The number of aromatic hydroxyl groups is 3. The number of esters is 2. The van der Waals surface area contributed by atoms with Gasteiger partial charge in [-0.3, -0.25) is 0 Å². The minimum atomic E-state index is -1.85. The molecule has 0 bridgehead atoms. The lowest BCUT2D eigenvalue weighted by atomic mass is 9.81. The highest BCUT2D eigenvalue weighted by molar-refractivity contribution is 5.93. The molecule has 8 atom stereocenters. The third-order valence-electron chi connectivity index (χ3n) is 7.46. The first-order valence-corrected chi connectivity index (χ1v) is 13.1. The minimum Gasteiger partial charge on any atom is -0.508 e. The minimum absolute atomic E-state index is 0.0398. The molecule has 2 saturated heterocycles. The molecule has 0 amide bonds. The number of aliphatic hydroxyl groups is 3. The molecule has 0 spiro atoms. The molecule has 3 aliphatic rings. The SMILES string of the molecule is C=CC1C(OCC2OC(OC(=O)c3cc(O)c(-c4cccc(O)c4)c(O)c3)C(O)C(O)C2O)OC=C2C(=O)OCC[C@H]21. The number of rotatable bonds is 7. The molecule has 0 aliphatic carbocycles. The molecule has 2 aromatic rings. The largest absolute Gasteiger partial charge is 0.508 e. The van der Waals surface area contributed by atoms with Crippen molar-refractivity contribution in [2.75, 3.05) is 13.2 Å². The summed E-state index contributed by atoms with van der Waals surface area (Å²) in [5.41, 5.74) is 0.294. The van der Waals surface area contributed by atoms with E-state index < -0.39 is 66.4 Å². The van der Waals surface area contributed by atoms with E-state index in [9.17, 15) is 40.2 Å². The van der Waals surface area contributed by atoms with Crippen molar-refractivity contribution in [3.63, 3.8) is 0 Å². The molecule has 224 valence electrons. The lowest BCUT2D eigenvalue weighted by Gasteiger charge is -2.41. The van der Waals surface area contributed by atoms with Crippen molar-refractivity contribution in [1.29, 1.82) is 0 Å². The van der Waals surface area contributed by atoms with Crippen molar-refractivity contribution in [2.24, 2.45) is 11.8 Å². The first-order chi connectivity index (χ1) is 20.1. The normalized spacial score (nSPS) is 30.7. The van der Waals surface area contributed by atoms with Gasteiger partial charge in [-0.2, -0.15) is 0 Å². The Morgan fingerprint density at radius 1 is 1.02 bits per heavy atom. The number of phenols is 3. The molecule has 2 aromatic carbocycles. The fourth-order valence-electron chi connectivity index (χ4n) is 5.25. The molecular weight excluding hydrogens is 556 g/mol. The van der Waals surface area contributed by atoms with E-state index in [1.54, 1.807) is 6.08 Å². The van der Waals surface area contributed by atoms with Crippen LogP contribution in [0.3, 0.4) is 0 Å². The predicted octanol–water partition coefficient (Wildman–Crippen LogP) is 1.06. The molecule has 7 unspecified atom stereocenters. The van der Waals surface area contributed by atoms with Crippen molar-refractivity contribution in [3.05, 3.63) is 66.5 Å². The van der Waals surface area contributed by atoms with Gasteiger partial charge in [-0.25, -0.2) is 9.59 Å². The van der Waals surface area contributed by atoms with Crippen molar-refractivity contribution in [1.82, 2.24) is 0 Å². The summed E-state index contributed by atoms with van der Waals surface area (Å²) in [4.78, 5) is 24.9. The van der Waals surface area contributed by atoms with Crippen molar-refractivity contribution >= 4 is 11.9 Å². The zero-order chi connectivity index (χ0) is 30.1. The summed E-state index contributed by atoms with van der Waals surface area (Å²) in [5.74, 6) is -3.40. The molecule has 42 heavy (non-hydrogen) atoms. The highest BCUT2D eigenvalue weighted by atomic mass is 16.7. The van der Waals surface area contributed by atoms with Crippen LogP contribution < -0.4 is 0 Å². The van der Waals surface area contributed by atoms with Crippen LogP contribution in [0.5, 0.6) is 17.2 Å². The van der Waals surface area contributed by atoms with Crippen LogP contribution in [0.4, 0.5) is 0 Å². The van der Waals surface area contributed by atoms with E-state index in [0.29, 0.717) is 12.0 Å². The van der Waals surface area contributed by atoms with Crippen LogP contribution in [0.2, 0.25) is 0 Å². The number of cyclic esters (lactones) is 1. The molecule has 13 nitrogen and oxygen atoms in total. The second-order valence-corrected chi connectivity index (χ2v) is 10.1. The highest BCUT2D eigenvalue weighted by Crippen LogP contribution is 2.40. The zero-order valence-corrected chi connectivity index (χ0v) is 22.1. The summed E-state index contributed by atoms with van der Waals surface area (Å²) < 4.78 is 27.2. The quantitative estimate of drug-likeness (QED) is 0.199. The Labute approximate surface area is 239 Å². The topological polar surface area (TPSA) is 202 Å². The Bertz CT molecular complexity index is 1360. The molecule has 2 fully saturated rings. The van der Waals surface area contributed by atoms with Crippen LogP contribution in [0.15, 0.2) is 60.9 Å². The van der Waals surface area contributed by atoms with Gasteiger partial charge in [0.15, 0.2) is 0 Å². The van der Waals surface area contributed by atoms with Gasteiger partial charge < -0.3 is 54.3 Å². The Balaban J connectivity index is 1.27. The number of fused-ring (bicyclic) bond motifs is 1. The van der Waals surface area contributed by atoms with Gasteiger partial charge in [0.25, 0.3) is 0 Å². The van der Waals surface area contributed by atoms with Crippen LogP contribution in [-0.2, 0) is 28.5 Å². The maximum absolute atomic E-state index is 12.9. The monoisotopic (exact) mass is 586 g/mol. The molecule has 3 heterocycles. The van der Waals surface area contributed by atoms with E-state index in [2.05, 4.69) is 6.58 Å². The van der Waals surface area contributed by atoms with Crippen LogP contribution >= 0.6 is 0 Å². The third-order valence-corrected chi connectivity index (χ3v) is 7.46. The average molecular weight is 587 g/mol. The van der Waals surface area contributed by atoms with Crippen LogP contribution in [0.25, 0.3) is 11.1 Å². The summed E-state index contributed by atoms with van der Waals surface area (Å²) in [5, 5.41) is 62.1. The van der Waals surface area contributed by atoms with Gasteiger partial charge in [0.05, 0.1) is 36.2 Å². The van der Waals surface area contributed by atoms with Crippen LogP contribution in [0.1, 0.15) is 16.8 Å². The van der Waals surface area contributed by atoms with E-state index in [-0.39, 0.29) is 41.6 Å². The second-order valence-electron chi connectivity index (χ2n) is 10.1. The number of carbonyl (C=O) groups is 2. The van der Waals surface area contributed by atoms with E-state index in [0.717, 1.165) is 12.1 Å². The number of phenolic OH excluding ortho intramolecular Hbond substituents is 3. The zero-order valence-electron chi connectivity index (χ0n) is 22.1. The van der Waals surface area contributed by atoms with Gasteiger partial charge in [-0.1, -0.05) is 18.2 Å². The van der Waals surface area contributed by atoms with E-state index in [1.807, 2.05) is 0 Å². The van der Waals surface area contributed by atoms with E-state index >= 15 is 0 Å². The molecule has 13 heteroatoms. The Hall–Kier alpha value is -4.14. The number of benzene rings is 2. The first-order valence-electron chi connectivity index (χ1n) is 13.1. The number of carbonyl (C=O) groups excluding carboxylic acids is 2. The van der Waals surface area contributed by atoms with Crippen LogP contribution in [0, 0.1) is 11.8 Å². The average Bonchev–Trinajstić information content (AvgIpc) is 2.96. The van der Waals surface area contributed by atoms with E-state index in [4.69, 9.17) is 23.7 Å². The standard InChI is InChI=1S/C29H30O13/c1-2-16-17-6-7-38-27(37)18(17)11-39-28(16)40-12-21-23(33)24(34)25(35)29(41-21)42-26(36)14-9-19(31)22(20(32)10-14)13-4-3-5-15(30)8-13/h2-5,8-11,16-17,21,23-25,28-35H,1,6-7,12H2/t16?,17-,21?,23?,24?,25?,28?,29?/m0/s1. The number of hydrogen-bond acceptors (Lipinski definition) is 13. The fourth-order valence-corrected chi connectivity index (χ4v) is 5.25. The maximum atomic E-state index is 12.9. The van der Waals surface area contributed by atoms with Crippen molar-refractivity contribution in [2.45, 2.75) is 43.4 Å².